The quantitative estimate of drug-likeness (QED) is 0.820. The van der Waals surface area contributed by atoms with E-state index in [9.17, 15) is 14.7 Å². The van der Waals surface area contributed by atoms with Crippen molar-refractivity contribution in [3.05, 3.63) is 22.1 Å². The minimum Gasteiger partial charge on any atom is -0.506 e. The highest BCUT2D eigenvalue weighted by Crippen LogP contribution is 2.26. The van der Waals surface area contributed by atoms with Crippen molar-refractivity contribution in [2.75, 3.05) is 18.0 Å². The van der Waals surface area contributed by atoms with E-state index < -0.39 is 22.8 Å². The predicted octanol–water partition coefficient (Wildman–Crippen LogP) is 0.332. The number of aromatic nitrogens is 3. The highest BCUT2D eigenvalue weighted by molar-refractivity contribution is 5.97. The second-order valence-electron chi connectivity index (χ2n) is 4.99. The molecule has 2 aromatic heterocycles. The number of carboxylic acids is 1. The number of aryl methyl sites for hydroxylation is 1. The Morgan fingerprint density at radius 1 is 1.33 bits per heavy atom. The first-order chi connectivity index (χ1) is 10.0. The Bertz CT molecular complexity index is 793. The summed E-state index contributed by atoms with van der Waals surface area (Å²) >= 11 is 0. The zero-order chi connectivity index (χ0) is 15.1. The minimum absolute atomic E-state index is 0.150. The molecule has 0 amide bonds. The zero-order valence-corrected chi connectivity index (χ0v) is 11.4. The van der Waals surface area contributed by atoms with Gasteiger partial charge in [0.25, 0.3) is 5.56 Å². The molecular weight excluding hydrogens is 276 g/mol. The molecule has 2 aromatic rings. The van der Waals surface area contributed by atoms with E-state index in [1.54, 1.807) is 0 Å². The van der Waals surface area contributed by atoms with Gasteiger partial charge in [-0.25, -0.2) is 9.78 Å². The molecule has 0 aromatic carbocycles. The van der Waals surface area contributed by atoms with E-state index >= 15 is 0 Å². The lowest BCUT2D eigenvalue weighted by Gasteiger charge is -2.16. The van der Waals surface area contributed by atoms with Crippen LogP contribution in [-0.4, -0.2) is 43.8 Å². The summed E-state index contributed by atoms with van der Waals surface area (Å²) in [4.78, 5) is 33.6. The highest BCUT2D eigenvalue weighted by atomic mass is 16.4. The molecule has 8 nitrogen and oxygen atoms in total. The number of carbonyl (C=O) groups is 1. The van der Waals surface area contributed by atoms with Gasteiger partial charge in [0, 0.05) is 26.3 Å². The van der Waals surface area contributed by atoms with Crippen LogP contribution in [-0.2, 0) is 7.05 Å². The predicted molar refractivity (Wildman–Crippen MR) is 74.9 cm³/mol. The SMILES string of the molecule is Cn1c(=O)c(C(=O)O)c(O)c2cnc(N3CCCC3)nc21. The van der Waals surface area contributed by atoms with Crippen molar-refractivity contribution in [3.8, 4) is 5.75 Å². The molecule has 21 heavy (non-hydrogen) atoms. The van der Waals surface area contributed by atoms with Crippen LogP contribution >= 0.6 is 0 Å². The van der Waals surface area contributed by atoms with E-state index in [4.69, 9.17) is 5.11 Å². The van der Waals surface area contributed by atoms with Crippen LogP contribution in [0.4, 0.5) is 5.95 Å². The third-order valence-electron chi connectivity index (χ3n) is 3.69. The summed E-state index contributed by atoms with van der Waals surface area (Å²) in [7, 11) is 1.43. The van der Waals surface area contributed by atoms with Gasteiger partial charge in [0.15, 0.2) is 11.2 Å². The fraction of sp³-hybridized carbons (Fsp3) is 0.385. The number of aromatic carboxylic acids is 1. The van der Waals surface area contributed by atoms with E-state index in [-0.39, 0.29) is 11.0 Å². The van der Waals surface area contributed by atoms with Crippen LogP contribution in [0.3, 0.4) is 0 Å². The highest BCUT2D eigenvalue weighted by Gasteiger charge is 2.23. The number of hydrogen-bond acceptors (Lipinski definition) is 6. The molecule has 1 saturated heterocycles. The molecule has 0 bridgehead atoms. The van der Waals surface area contributed by atoms with E-state index in [1.165, 1.54) is 13.2 Å². The molecule has 1 aliphatic heterocycles. The fourth-order valence-corrected chi connectivity index (χ4v) is 2.55. The lowest BCUT2D eigenvalue weighted by molar-refractivity contribution is 0.0691. The van der Waals surface area contributed by atoms with Gasteiger partial charge >= 0.3 is 5.97 Å². The van der Waals surface area contributed by atoms with E-state index in [0.717, 1.165) is 30.5 Å². The number of anilines is 1. The van der Waals surface area contributed by atoms with E-state index in [1.807, 2.05) is 4.90 Å². The van der Waals surface area contributed by atoms with Crippen LogP contribution in [0.5, 0.6) is 5.75 Å². The molecule has 0 radical (unpaired) electrons. The Labute approximate surface area is 119 Å². The molecule has 1 fully saturated rings. The maximum absolute atomic E-state index is 12.0. The van der Waals surface area contributed by atoms with E-state index in [0.29, 0.717) is 5.95 Å². The average Bonchev–Trinajstić information content (AvgIpc) is 2.98. The summed E-state index contributed by atoms with van der Waals surface area (Å²) in [6.45, 7) is 1.69. The molecule has 110 valence electrons. The van der Waals surface area contributed by atoms with Crippen molar-refractivity contribution in [3.63, 3.8) is 0 Å². The Kier molecular flexibility index (Phi) is 3.00. The van der Waals surface area contributed by atoms with Crippen molar-refractivity contribution >= 4 is 23.0 Å². The number of nitrogens with zero attached hydrogens (tertiary/aromatic N) is 4. The lowest BCUT2D eigenvalue weighted by Crippen LogP contribution is -2.26. The summed E-state index contributed by atoms with van der Waals surface area (Å²) in [6.07, 6.45) is 3.48. The van der Waals surface area contributed by atoms with Gasteiger partial charge in [-0.05, 0) is 12.8 Å². The summed E-state index contributed by atoms with van der Waals surface area (Å²) in [5, 5.41) is 19.2. The Balaban J connectivity index is 2.27. The number of carboxylic acid groups (broad SMARTS) is 1. The van der Waals surface area contributed by atoms with Gasteiger partial charge < -0.3 is 15.1 Å². The van der Waals surface area contributed by atoms with Gasteiger partial charge in [0.1, 0.15) is 5.75 Å². The molecule has 0 saturated carbocycles. The van der Waals surface area contributed by atoms with Crippen LogP contribution in [0.15, 0.2) is 11.0 Å². The Hall–Kier alpha value is -2.64. The van der Waals surface area contributed by atoms with Crippen LogP contribution in [0.1, 0.15) is 23.2 Å². The number of hydrogen-bond donors (Lipinski definition) is 2. The normalized spacial score (nSPS) is 14.8. The van der Waals surface area contributed by atoms with Gasteiger partial charge in [0.05, 0.1) is 5.39 Å². The molecule has 0 aliphatic carbocycles. The fourth-order valence-electron chi connectivity index (χ4n) is 2.55. The molecule has 8 heteroatoms. The van der Waals surface area contributed by atoms with E-state index in [2.05, 4.69) is 9.97 Å². The van der Waals surface area contributed by atoms with Gasteiger partial charge in [-0.2, -0.15) is 4.98 Å². The van der Waals surface area contributed by atoms with Gasteiger partial charge in [-0.1, -0.05) is 0 Å². The van der Waals surface area contributed by atoms with Crippen molar-refractivity contribution in [1.29, 1.82) is 0 Å². The summed E-state index contributed by atoms with van der Waals surface area (Å²) < 4.78 is 1.12. The van der Waals surface area contributed by atoms with Crippen LogP contribution in [0.25, 0.3) is 11.0 Å². The molecule has 0 atom stereocenters. The minimum atomic E-state index is -1.47. The summed E-state index contributed by atoms with van der Waals surface area (Å²) in [6, 6.07) is 0. The van der Waals surface area contributed by atoms with Crippen LogP contribution in [0.2, 0.25) is 0 Å². The topological polar surface area (TPSA) is 109 Å². The maximum Gasteiger partial charge on any atom is 0.345 e. The number of rotatable bonds is 2. The number of aromatic hydroxyl groups is 1. The smallest absolute Gasteiger partial charge is 0.345 e. The monoisotopic (exact) mass is 290 g/mol. The standard InChI is InChI=1S/C13H14N4O4/c1-16-10-7(9(18)8(11(16)19)12(20)21)6-14-13(15-10)17-4-2-3-5-17/h6,18H,2-5H2,1H3,(H,20,21). The largest absolute Gasteiger partial charge is 0.506 e. The Morgan fingerprint density at radius 2 is 2.00 bits per heavy atom. The van der Waals surface area contributed by atoms with Crippen LogP contribution in [0, 0.1) is 0 Å². The molecule has 2 N–H and O–H groups in total. The lowest BCUT2D eigenvalue weighted by atomic mass is 10.2. The zero-order valence-electron chi connectivity index (χ0n) is 11.4. The Morgan fingerprint density at radius 3 is 2.62 bits per heavy atom. The number of pyridine rings is 1. The molecule has 0 unspecified atom stereocenters. The third kappa shape index (κ3) is 1.99. The van der Waals surface area contributed by atoms with Crippen molar-refractivity contribution in [2.45, 2.75) is 12.8 Å². The van der Waals surface area contributed by atoms with Crippen LogP contribution < -0.4 is 10.5 Å². The number of fused-ring (bicyclic) bond motifs is 1. The van der Waals surface area contributed by atoms with Gasteiger partial charge in [-0.15, -0.1) is 0 Å². The van der Waals surface area contributed by atoms with Gasteiger partial charge in [0.2, 0.25) is 5.95 Å². The summed E-state index contributed by atoms with van der Waals surface area (Å²) in [5.74, 6) is -1.58. The molecule has 0 spiro atoms. The van der Waals surface area contributed by atoms with Gasteiger partial charge in [-0.3, -0.25) is 9.36 Å². The first kappa shape index (κ1) is 13.3. The average molecular weight is 290 g/mol. The molecule has 1 aliphatic rings. The molecule has 3 heterocycles. The van der Waals surface area contributed by atoms with Crippen molar-refractivity contribution < 1.29 is 15.0 Å². The second kappa shape index (κ2) is 4.72. The molecule has 3 rings (SSSR count). The van der Waals surface area contributed by atoms with Crippen molar-refractivity contribution in [2.24, 2.45) is 7.05 Å². The molecular formula is C13H14N4O4. The van der Waals surface area contributed by atoms with Crippen molar-refractivity contribution in [1.82, 2.24) is 14.5 Å². The maximum atomic E-state index is 12.0. The first-order valence-corrected chi connectivity index (χ1v) is 6.57. The summed E-state index contributed by atoms with van der Waals surface area (Å²) in [5.41, 5.74) is -1.24. The second-order valence-corrected chi connectivity index (χ2v) is 4.99. The third-order valence-corrected chi connectivity index (χ3v) is 3.69. The first-order valence-electron chi connectivity index (χ1n) is 6.57.